The molecule has 0 fully saturated rings. The molecule has 0 aromatic carbocycles. The highest BCUT2D eigenvalue weighted by molar-refractivity contribution is 5.96. The lowest BCUT2D eigenvalue weighted by Crippen LogP contribution is -2.34. The van der Waals surface area contributed by atoms with Gasteiger partial charge in [-0.15, -0.1) is 0 Å². The minimum Gasteiger partial charge on any atom is -0.507 e. The minimum atomic E-state index is -0.947. The highest BCUT2D eigenvalue weighted by Crippen LogP contribution is 2.29. The molecule has 22 heavy (non-hydrogen) atoms. The summed E-state index contributed by atoms with van der Waals surface area (Å²) < 4.78 is 1.62. The molecule has 0 saturated carbocycles. The number of fused-ring (bicyclic) bond motifs is 1. The Morgan fingerprint density at radius 2 is 1.91 bits per heavy atom. The van der Waals surface area contributed by atoms with Gasteiger partial charge in [-0.1, -0.05) is 26.2 Å². The van der Waals surface area contributed by atoms with Gasteiger partial charge in [-0.25, -0.2) is 5.48 Å². The van der Waals surface area contributed by atoms with E-state index in [2.05, 4.69) is 0 Å². The van der Waals surface area contributed by atoms with Gasteiger partial charge in [0.15, 0.2) is 0 Å². The summed E-state index contributed by atoms with van der Waals surface area (Å²) in [6.07, 6.45) is 7.24. The molecule has 0 aliphatic heterocycles. The maximum Gasteiger partial charge on any atom is 0.284 e. The van der Waals surface area contributed by atoms with E-state index in [1.165, 1.54) is 5.48 Å². The van der Waals surface area contributed by atoms with Gasteiger partial charge in [0, 0.05) is 17.8 Å². The molecule has 122 valence electrons. The van der Waals surface area contributed by atoms with Gasteiger partial charge in [-0.2, -0.15) is 0 Å². The first kappa shape index (κ1) is 16.5. The predicted molar refractivity (Wildman–Crippen MR) is 82.4 cm³/mol. The number of hydrogen-bond donors (Lipinski definition) is 3. The predicted octanol–water partition coefficient (Wildman–Crippen LogP) is 2.13. The van der Waals surface area contributed by atoms with Crippen LogP contribution in [-0.4, -0.2) is 20.8 Å². The molecule has 1 aromatic rings. The van der Waals surface area contributed by atoms with Gasteiger partial charge in [0.2, 0.25) is 0 Å². The average molecular weight is 308 g/mol. The van der Waals surface area contributed by atoms with Crippen molar-refractivity contribution in [3.63, 3.8) is 0 Å². The van der Waals surface area contributed by atoms with Crippen molar-refractivity contribution in [2.24, 2.45) is 0 Å². The highest BCUT2D eigenvalue weighted by Gasteiger charge is 2.25. The molecule has 1 aromatic heterocycles. The van der Waals surface area contributed by atoms with Crippen LogP contribution < -0.4 is 11.0 Å². The first-order valence-electron chi connectivity index (χ1n) is 8.03. The Hall–Kier alpha value is -1.82. The van der Waals surface area contributed by atoms with Gasteiger partial charge in [-0.05, 0) is 32.1 Å². The van der Waals surface area contributed by atoms with E-state index < -0.39 is 11.5 Å². The Bertz CT molecular complexity index is 607. The topological polar surface area (TPSA) is 91.6 Å². The Balaban J connectivity index is 2.65. The van der Waals surface area contributed by atoms with E-state index in [1.807, 2.05) is 6.92 Å². The molecule has 1 aliphatic rings. The maximum absolute atomic E-state index is 12.6. The van der Waals surface area contributed by atoms with Gasteiger partial charge >= 0.3 is 0 Å². The summed E-state index contributed by atoms with van der Waals surface area (Å²) >= 11 is 0. The normalized spacial score (nSPS) is 14.8. The van der Waals surface area contributed by atoms with Crippen LogP contribution in [0.15, 0.2) is 4.79 Å². The van der Waals surface area contributed by atoms with E-state index in [4.69, 9.17) is 5.21 Å². The molecule has 0 unspecified atom stereocenters. The Labute approximate surface area is 129 Å². The summed E-state index contributed by atoms with van der Waals surface area (Å²) in [6, 6.07) is 0. The number of aromatic nitrogens is 1. The number of unbranched alkanes of at least 4 members (excludes halogenated alkanes) is 1. The molecule has 0 atom stereocenters. The van der Waals surface area contributed by atoms with Crippen molar-refractivity contribution in [3.05, 3.63) is 27.2 Å². The van der Waals surface area contributed by atoms with Gasteiger partial charge in [0.05, 0.1) is 0 Å². The van der Waals surface area contributed by atoms with Crippen LogP contribution in [0.4, 0.5) is 0 Å². The molecule has 1 aliphatic carbocycles. The van der Waals surface area contributed by atoms with Crippen LogP contribution in [0.1, 0.15) is 67.1 Å². The van der Waals surface area contributed by atoms with Crippen LogP contribution in [0.5, 0.6) is 5.75 Å². The molecular formula is C16H24N2O4. The quantitative estimate of drug-likeness (QED) is 0.587. The smallest absolute Gasteiger partial charge is 0.284 e. The first-order valence-corrected chi connectivity index (χ1v) is 8.03. The van der Waals surface area contributed by atoms with Crippen molar-refractivity contribution in [2.45, 2.75) is 64.8 Å². The Kier molecular flexibility index (Phi) is 5.60. The fourth-order valence-electron chi connectivity index (χ4n) is 3.12. The van der Waals surface area contributed by atoms with E-state index in [9.17, 15) is 14.7 Å². The largest absolute Gasteiger partial charge is 0.507 e. The lowest BCUT2D eigenvalue weighted by atomic mass is 9.94. The zero-order valence-corrected chi connectivity index (χ0v) is 13.0. The second kappa shape index (κ2) is 7.45. The summed E-state index contributed by atoms with van der Waals surface area (Å²) in [5, 5.41) is 19.2. The summed E-state index contributed by atoms with van der Waals surface area (Å²) in [4.78, 5) is 24.4. The number of hydrogen-bond acceptors (Lipinski definition) is 4. The van der Waals surface area contributed by atoms with Crippen LogP contribution in [-0.2, 0) is 19.4 Å². The van der Waals surface area contributed by atoms with E-state index in [1.54, 1.807) is 4.57 Å². The minimum absolute atomic E-state index is 0.263. The lowest BCUT2D eigenvalue weighted by molar-refractivity contribution is 0.0700. The van der Waals surface area contributed by atoms with Crippen molar-refractivity contribution in [1.29, 1.82) is 0 Å². The third-order valence-corrected chi connectivity index (χ3v) is 4.31. The number of hydroxylamine groups is 1. The van der Waals surface area contributed by atoms with Crippen molar-refractivity contribution in [2.75, 3.05) is 0 Å². The van der Waals surface area contributed by atoms with Crippen molar-refractivity contribution in [1.82, 2.24) is 10.0 Å². The van der Waals surface area contributed by atoms with Gasteiger partial charge < -0.3 is 9.67 Å². The second-order valence-corrected chi connectivity index (χ2v) is 5.81. The number of carbonyl (C=O) groups excluding carboxylic acids is 1. The number of nitrogens with one attached hydrogen (secondary N) is 1. The molecule has 0 bridgehead atoms. The zero-order valence-electron chi connectivity index (χ0n) is 13.0. The fraction of sp³-hybridized carbons (Fsp3) is 0.625. The van der Waals surface area contributed by atoms with Crippen molar-refractivity contribution in [3.8, 4) is 5.75 Å². The maximum atomic E-state index is 12.6. The van der Waals surface area contributed by atoms with E-state index in [0.29, 0.717) is 18.5 Å². The van der Waals surface area contributed by atoms with Gasteiger partial charge in [-0.3, -0.25) is 14.8 Å². The average Bonchev–Trinajstić information content (AvgIpc) is 2.48. The molecule has 1 amide bonds. The number of aromatic hydroxyl groups is 1. The standard InChI is InChI=1S/C16H24N2O4/c1-2-3-10-18-12-9-7-5-4-6-8-11(12)14(19)13(16(18)21)15(20)17-22/h19,22H,2-10H2,1H3,(H,17,20). The molecule has 0 radical (unpaired) electrons. The summed E-state index contributed by atoms with van der Waals surface area (Å²) in [5.74, 6) is -1.21. The lowest BCUT2D eigenvalue weighted by Gasteiger charge is -2.22. The molecule has 2 rings (SSSR count). The van der Waals surface area contributed by atoms with Crippen LogP contribution in [0.3, 0.4) is 0 Å². The van der Waals surface area contributed by atoms with Crippen molar-refractivity contribution >= 4 is 5.91 Å². The summed E-state index contributed by atoms with van der Waals surface area (Å²) in [5.41, 5.74) is 2.14. The molecule has 0 saturated heterocycles. The molecule has 0 spiro atoms. The van der Waals surface area contributed by atoms with E-state index in [0.717, 1.165) is 50.6 Å². The number of rotatable bonds is 4. The third-order valence-electron chi connectivity index (χ3n) is 4.31. The summed E-state index contributed by atoms with van der Waals surface area (Å²) in [7, 11) is 0. The van der Waals surface area contributed by atoms with Crippen molar-refractivity contribution < 1.29 is 15.1 Å². The van der Waals surface area contributed by atoms with Gasteiger partial charge in [0.25, 0.3) is 11.5 Å². The number of amides is 1. The number of carbonyl (C=O) groups is 1. The monoisotopic (exact) mass is 308 g/mol. The van der Waals surface area contributed by atoms with E-state index >= 15 is 0 Å². The van der Waals surface area contributed by atoms with Crippen LogP contribution in [0, 0.1) is 0 Å². The van der Waals surface area contributed by atoms with Crippen LogP contribution in [0.25, 0.3) is 0 Å². The van der Waals surface area contributed by atoms with E-state index in [-0.39, 0.29) is 11.3 Å². The molecule has 3 N–H and O–H groups in total. The molecule has 6 nitrogen and oxygen atoms in total. The SMILES string of the molecule is CCCCn1c2c(c(O)c(C(=O)NO)c1=O)CCCCCC2. The third kappa shape index (κ3) is 3.16. The highest BCUT2D eigenvalue weighted by atomic mass is 16.5. The zero-order chi connectivity index (χ0) is 16.1. The molecular weight excluding hydrogens is 284 g/mol. The Morgan fingerprint density at radius 1 is 1.23 bits per heavy atom. The first-order chi connectivity index (χ1) is 10.6. The Morgan fingerprint density at radius 3 is 2.55 bits per heavy atom. The van der Waals surface area contributed by atoms with Crippen LogP contribution in [0.2, 0.25) is 0 Å². The van der Waals surface area contributed by atoms with Gasteiger partial charge in [0.1, 0.15) is 11.3 Å². The number of nitrogens with zero attached hydrogens (tertiary/aromatic N) is 1. The summed E-state index contributed by atoms with van der Waals surface area (Å²) in [6.45, 7) is 2.57. The fourth-order valence-corrected chi connectivity index (χ4v) is 3.12. The van der Waals surface area contributed by atoms with Crippen LogP contribution >= 0.6 is 0 Å². The number of pyridine rings is 1. The molecule has 1 heterocycles. The molecule has 6 heteroatoms. The second-order valence-electron chi connectivity index (χ2n) is 5.81.